The van der Waals surface area contributed by atoms with Gasteiger partial charge in [0.15, 0.2) is 0 Å². The van der Waals surface area contributed by atoms with E-state index in [1.54, 1.807) is 30.3 Å². The zero-order chi connectivity index (χ0) is 28.6. The van der Waals surface area contributed by atoms with Crippen LogP contribution in [0.25, 0.3) is 0 Å². The number of carboxylic acids is 1. The first kappa shape index (κ1) is 28.4. The first-order chi connectivity index (χ1) is 19.3. The maximum atomic E-state index is 13.4. The lowest BCUT2D eigenvalue weighted by Crippen LogP contribution is -2.40. The summed E-state index contributed by atoms with van der Waals surface area (Å²) in [6.45, 7) is 2.76. The predicted molar refractivity (Wildman–Crippen MR) is 152 cm³/mol. The molecule has 210 valence electrons. The first-order valence-corrected chi connectivity index (χ1v) is 13.0. The largest absolute Gasteiger partial charge is 0.495 e. The molecule has 1 saturated heterocycles. The van der Waals surface area contributed by atoms with E-state index < -0.39 is 12.0 Å². The molecule has 1 aliphatic heterocycles. The van der Waals surface area contributed by atoms with Crippen LogP contribution in [0.15, 0.2) is 66.7 Å². The summed E-state index contributed by atoms with van der Waals surface area (Å²) in [5, 5.41) is 18.0. The topological polar surface area (TPSA) is 129 Å². The van der Waals surface area contributed by atoms with Crippen LogP contribution in [0.1, 0.15) is 27.9 Å². The molecule has 0 saturated carbocycles. The SMILES string of the molecule is CN[C@@H]1C[C@@H](COc2ccc(C(=O)O)cc2)N(C(=O)Cc2ccc(NC(=O)Nc3ccccc3C)c(OC)c2)C1. The molecule has 1 heterocycles. The number of benzene rings is 3. The number of anilines is 2. The molecular formula is C30H34N4O6. The Balaban J connectivity index is 1.39. The van der Waals surface area contributed by atoms with Gasteiger partial charge in [-0.15, -0.1) is 0 Å². The third-order valence-corrected chi connectivity index (χ3v) is 6.95. The lowest BCUT2D eigenvalue weighted by atomic mass is 10.1. The van der Waals surface area contributed by atoms with Gasteiger partial charge in [0.2, 0.25) is 5.91 Å². The number of amides is 3. The van der Waals surface area contributed by atoms with Gasteiger partial charge in [0.05, 0.1) is 30.8 Å². The minimum Gasteiger partial charge on any atom is -0.495 e. The number of aromatic carboxylic acids is 1. The van der Waals surface area contributed by atoms with Gasteiger partial charge in [-0.1, -0.05) is 24.3 Å². The van der Waals surface area contributed by atoms with E-state index in [-0.39, 0.29) is 30.0 Å². The fourth-order valence-corrected chi connectivity index (χ4v) is 4.69. The number of carboxylic acid groups (broad SMARTS) is 1. The quantitative estimate of drug-likeness (QED) is 0.301. The van der Waals surface area contributed by atoms with Gasteiger partial charge in [0, 0.05) is 18.3 Å². The van der Waals surface area contributed by atoms with Gasteiger partial charge >= 0.3 is 12.0 Å². The monoisotopic (exact) mass is 546 g/mol. The van der Waals surface area contributed by atoms with E-state index in [2.05, 4.69) is 16.0 Å². The normalized spacial score (nSPS) is 16.3. The number of ether oxygens (including phenoxy) is 2. The highest BCUT2D eigenvalue weighted by atomic mass is 16.5. The Kier molecular flexibility index (Phi) is 9.23. The molecule has 0 aromatic heterocycles. The number of hydrogen-bond acceptors (Lipinski definition) is 6. The number of para-hydroxylation sites is 1. The first-order valence-electron chi connectivity index (χ1n) is 13.0. The van der Waals surface area contributed by atoms with E-state index in [9.17, 15) is 14.4 Å². The Labute approximate surface area is 233 Å². The van der Waals surface area contributed by atoms with Crippen LogP contribution in [0.2, 0.25) is 0 Å². The van der Waals surface area contributed by atoms with Crippen molar-refractivity contribution in [3.63, 3.8) is 0 Å². The summed E-state index contributed by atoms with van der Waals surface area (Å²) in [4.78, 5) is 38.8. The number of nitrogens with one attached hydrogen (secondary N) is 3. The average Bonchev–Trinajstić information content (AvgIpc) is 3.38. The maximum Gasteiger partial charge on any atom is 0.335 e. The van der Waals surface area contributed by atoms with E-state index in [0.29, 0.717) is 36.0 Å². The number of rotatable bonds is 10. The van der Waals surface area contributed by atoms with Crippen LogP contribution >= 0.6 is 0 Å². The van der Waals surface area contributed by atoms with E-state index in [0.717, 1.165) is 17.5 Å². The Morgan fingerprint density at radius 1 is 1.00 bits per heavy atom. The van der Waals surface area contributed by atoms with Crippen molar-refractivity contribution in [3.8, 4) is 11.5 Å². The second kappa shape index (κ2) is 13.0. The number of aryl methyl sites for hydroxylation is 1. The summed E-state index contributed by atoms with van der Waals surface area (Å²) in [5.74, 6) is -0.0522. The van der Waals surface area contributed by atoms with Crippen molar-refractivity contribution in [2.45, 2.75) is 31.8 Å². The van der Waals surface area contributed by atoms with E-state index >= 15 is 0 Å². The highest BCUT2D eigenvalue weighted by Gasteiger charge is 2.35. The summed E-state index contributed by atoms with van der Waals surface area (Å²) in [6.07, 6.45) is 0.893. The van der Waals surface area contributed by atoms with Crippen molar-refractivity contribution in [2.24, 2.45) is 0 Å². The molecule has 0 unspecified atom stereocenters. The average molecular weight is 547 g/mol. The van der Waals surface area contributed by atoms with Gasteiger partial charge in [0.25, 0.3) is 0 Å². The van der Waals surface area contributed by atoms with E-state index in [4.69, 9.17) is 14.6 Å². The fraction of sp³-hybridized carbons (Fsp3) is 0.300. The van der Waals surface area contributed by atoms with Gasteiger partial charge in [-0.3, -0.25) is 4.79 Å². The third kappa shape index (κ3) is 7.09. The Morgan fingerprint density at radius 3 is 2.40 bits per heavy atom. The highest BCUT2D eigenvalue weighted by Crippen LogP contribution is 2.28. The molecule has 1 aliphatic rings. The molecule has 2 atom stereocenters. The molecule has 3 amide bonds. The van der Waals surface area contributed by atoms with Gasteiger partial charge < -0.3 is 35.4 Å². The number of likely N-dealkylation sites (N-methyl/N-ethyl adjacent to an activating group) is 1. The van der Waals surface area contributed by atoms with Gasteiger partial charge in [-0.25, -0.2) is 9.59 Å². The molecule has 0 bridgehead atoms. The number of urea groups is 1. The van der Waals surface area contributed by atoms with E-state index in [1.165, 1.54) is 19.2 Å². The smallest absolute Gasteiger partial charge is 0.335 e. The molecule has 0 spiro atoms. The fourth-order valence-electron chi connectivity index (χ4n) is 4.69. The number of likely N-dealkylation sites (tertiary alicyclic amines) is 1. The van der Waals surface area contributed by atoms with E-state index in [1.807, 2.05) is 43.1 Å². The predicted octanol–water partition coefficient (Wildman–Crippen LogP) is 4.16. The lowest BCUT2D eigenvalue weighted by molar-refractivity contribution is -0.131. The van der Waals surface area contributed by atoms with Crippen LogP contribution in [0.3, 0.4) is 0 Å². The van der Waals surface area contributed by atoms with Crippen LogP contribution in [-0.2, 0) is 11.2 Å². The van der Waals surface area contributed by atoms with Crippen LogP contribution in [0.4, 0.5) is 16.2 Å². The standard InChI is InChI=1S/C30H34N4O6/c1-19-6-4-5-7-25(19)32-30(38)33-26-13-8-20(14-27(26)39-3)15-28(35)34-17-22(31-2)16-23(34)18-40-24-11-9-21(10-12-24)29(36)37/h4-14,22-23,31H,15-18H2,1-3H3,(H,36,37)(H2,32,33,38)/t22-,23+/m1/s1. The summed E-state index contributed by atoms with van der Waals surface area (Å²) in [6, 6.07) is 18.6. The zero-order valence-corrected chi connectivity index (χ0v) is 22.8. The molecular weight excluding hydrogens is 512 g/mol. The molecule has 0 radical (unpaired) electrons. The Hall–Kier alpha value is -4.57. The summed E-state index contributed by atoms with van der Waals surface area (Å²) in [7, 11) is 3.38. The van der Waals surface area contributed by atoms with Crippen LogP contribution in [0, 0.1) is 6.92 Å². The van der Waals surface area contributed by atoms with Crippen molar-refractivity contribution in [1.29, 1.82) is 0 Å². The maximum absolute atomic E-state index is 13.4. The summed E-state index contributed by atoms with van der Waals surface area (Å²) in [5.41, 5.74) is 3.08. The number of hydrogen-bond donors (Lipinski definition) is 4. The molecule has 4 rings (SSSR count). The van der Waals surface area contributed by atoms with Gasteiger partial charge in [-0.05, 0) is 74.0 Å². The molecule has 10 heteroatoms. The van der Waals surface area contributed by atoms with Crippen molar-refractivity contribution in [1.82, 2.24) is 10.2 Å². The highest BCUT2D eigenvalue weighted by molar-refractivity contribution is 6.01. The number of methoxy groups -OCH3 is 1. The zero-order valence-electron chi connectivity index (χ0n) is 22.8. The molecule has 10 nitrogen and oxygen atoms in total. The van der Waals surface area contributed by atoms with Crippen molar-refractivity contribution in [2.75, 3.05) is 37.9 Å². The molecule has 3 aromatic carbocycles. The van der Waals surface area contributed by atoms with Crippen LogP contribution in [-0.4, -0.2) is 67.3 Å². The van der Waals surface area contributed by atoms with Gasteiger partial charge in [0.1, 0.15) is 18.1 Å². The molecule has 0 aliphatic carbocycles. The summed E-state index contributed by atoms with van der Waals surface area (Å²) < 4.78 is 11.4. The minimum atomic E-state index is -0.998. The number of nitrogens with zero attached hydrogens (tertiary/aromatic N) is 1. The third-order valence-electron chi connectivity index (χ3n) is 6.95. The van der Waals surface area contributed by atoms with Crippen LogP contribution < -0.4 is 25.4 Å². The van der Waals surface area contributed by atoms with Gasteiger partial charge in [-0.2, -0.15) is 0 Å². The molecule has 1 fully saturated rings. The molecule has 3 aromatic rings. The molecule has 40 heavy (non-hydrogen) atoms. The Morgan fingerprint density at radius 2 is 1.73 bits per heavy atom. The second-order valence-corrected chi connectivity index (χ2v) is 9.67. The minimum absolute atomic E-state index is 0.0485. The van der Waals surface area contributed by atoms with Crippen molar-refractivity contribution >= 4 is 29.3 Å². The summed E-state index contributed by atoms with van der Waals surface area (Å²) >= 11 is 0. The Bertz CT molecular complexity index is 1360. The molecule has 4 N–H and O–H groups in total. The van der Waals surface area contributed by atoms with Crippen molar-refractivity contribution in [3.05, 3.63) is 83.4 Å². The van der Waals surface area contributed by atoms with Crippen molar-refractivity contribution < 1.29 is 29.0 Å². The lowest BCUT2D eigenvalue weighted by Gasteiger charge is -2.25. The van der Waals surface area contributed by atoms with Crippen LogP contribution in [0.5, 0.6) is 11.5 Å². The second-order valence-electron chi connectivity index (χ2n) is 9.67. The number of carbonyl (C=O) groups excluding carboxylic acids is 2. The number of carbonyl (C=O) groups is 3.